The largest absolute Gasteiger partial charge is 0.506 e. The maximum Gasteiger partial charge on any atom is 0.154 e. The van der Waals surface area contributed by atoms with Crippen LogP contribution in [0.5, 0.6) is 5.75 Å². The lowest BCUT2D eigenvalue weighted by Gasteiger charge is -1.88. The Hall–Kier alpha value is -1.58. The van der Waals surface area contributed by atoms with Gasteiger partial charge in [-0.2, -0.15) is 9.90 Å². The van der Waals surface area contributed by atoms with Gasteiger partial charge in [-0.3, -0.25) is 0 Å². The van der Waals surface area contributed by atoms with Crippen molar-refractivity contribution >= 4 is 11.0 Å². The van der Waals surface area contributed by atoms with Crippen molar-refractivity contribution in [3.05, 3.63) is 18.2 Å². The second-order valence-electron chi connectivity index (χ2n) is 2.53. The van der Waals surface area contributed by atoms with Crippen LogP contribution in [0.4, 0.5) is 0 Å². The average Bonchev–Trinajstić information content (AvgIpc) is 2.49. The summed E-state index contributed by atoms with van der Waals surface area (Å²) in [5, 5.41) is 17.6. The van der Waals surface area contributed by atoms with Crippen LogP contribution >= 0.6 is 0 Å². The van der Waals surface area contributed by atoms with Crippen LogP contribution in [0, 0.1) is 0 Å². The Morgan fingerprint density at radius 1 is 1.42 bits per heavy atom. The molecule has 4 heteroatoms. The highest BCUT2D eigenvalue weighted by atomic mass is 16.3. The number of aromatic hydroxyl groups is 1. The first-order valence-electron chi connectivity index (χ1n) is 3.84. The van der Waals surface area contributed by atoms with E-state index in [-0.39, 0.29) is 5.75 Å². The summed E-state index contributed by atoms with van der Waals surface area (Å²) in [5.41, 5.74) is 1.30. The van der Waals surface area contributed by atoms with Gasteiger partial charge >= 0.3 is 0 Å². The second kappa shape index (κ2) is 2.48. The van der Waals surface area contributed by atoms with Gasteiger partial charge in [-0.15, -0.1) is 5.10 Å². The van der Waals surface area contributed by atoms with E-state index in [1.165, 1.54) is 0 Å². The van der Waals surface area contributed by atoms with E-state index in [4.69, 9.17) is 0 Å². The molecule has 62 valence electrons. The average molecular weight is 163 g/mol. The van der Waals surface area contributed by atoms with Crippen molar-refractivity contribution in [2.45, 2.75) is 13.5 Å². The minimum Gasteiger partial charge on any atom is -0.506 e. The molecule has 0 atom stereocenters. The second-order valence-corrected chi connectivity index (χ2v) is 2.53. The van der Waals surface area contributed by atoms with Gasteiger partial charge in [0.2, 0.25) is 0 Å². The molecule has 1 heterocycles. The minimum atomic E-state index is 0.187. The number of hydrogen-bond donors (Lipinski definition) is 1. The van der Waals surface area contributed by atoms with Crippen LogP contribution in [0.15, 0.2) is 18.2 Å². The lowest BCUT2D eigenvalue weighted by molar-refractivity contribution is 0.478. The molecule has 0 saturated carbocycles. The molecular weight excluding hydrogens is 154 g/mol. The zero-order chi connectivity index (χ0) is 8.55. The topological polar surface area (TPSA) is 50.9 Å². The molecule has 1 N–H and O–H groups in total. The highest BCUT2D eigenvalue weighted by Crippen LogP contribution is 2.19. The number of phenolic OH excluding ortho intramolecular Hbond substituents is 1. The van der Waals surface area contributed by atoms with Crippen LogP contribution in [0.25, 0.3) is 11.0 Å². The number of benzene rings is 1. The zero-order valence-electron chi connectivity index (χ0n) is 6.73. The van der Waals surface area contributed by atoms with E-state index < -0.39 is 0 Å². The van der Waals surface area contributed by atoms with Gasteiger partial charge < -0.3 is 5.11 Å². The van der Waals surface area contributed by atoms with Gasteiger partial charge in [-0.05, 0) is 19.1 Å². The lowest BCUT2D eigenvalue weighted by Crippen LogP contribution is -1.97. The molecule has 0 radical (unpaired) electrons. The number of rotatable bonds is 1. The van der Waals surface area contributed by atoms with E-state index in [1.807, 2.05) is 13.0 Å². The van der Waals surface area contributed by atoms with Gasteiger partial charge in [0.25, 0.3) is 0 Å². The summed E-state index contributed by atoms with van der Waals surface area (Å²) in [6.45, 7) is 2.67. The zero-order valence-corrected chi connectivity index (χ0v) is 6.73. The van der Waals surface area contributed by atoms with Crippen LogP contribution in [0.3, 0.4) is 0 Å². The van der Waals surface area contributed by atoms with Gasteiger partial charge in [-0.1, -0.05) is 6.07 Å². The quantitative estimate of drug-likeness (QED) is 0.686. The minimum absolute atomic E-state index is 0.187. The molecule has 0 saturated heterocycles. The Morgan fingerprint density at radius 2 is 2.25 bits per heavy atom. The highest BCUT2D eigenvalue weighted by Gasteiger charge is 2.04. The lowest BCUT2D eigenvalue weighted by atomic mass is 10.3. The summed E-state index contributed by atoms with van der Waals surface area (Å²) in [7, 11) is 0. The van der Waals surface area contributed by atoms with Crippen molar-refractivity contribution in [1.82, 2.24) is 15.0 Å². The molecule has 0 bridgehead atoms. The standard InChI is InChI=1S/C8H9N3O/c1-2-11-9-6-4-3-5-7(12)8(6)10-11/h3-5,12H,2H2,1H3. The number of phenols is 1. The molecule has 0 fully saturated rings. The molecule has 4 nitrogen and oxygen atoms in total. The molecule has 0 aliphatic rings. The van der Waals surface area contributed by atoms with E-state index >= 15 is 0 Å². The first kappa shape index (κ1) is 7.09. The third-order valence-corrected chi connectivity index (χ3v) is 1.71. The predicted molar refractivity (Wildman–Crippen MR) is 44.9 cm³/mol. The Bertz CT molecular complexity index is 408. The van der Waals surface area contributed by atoms with Crippen LogP contribution in [0.1, 0.15) is 6.92 Å². The predicted octanol–water partition coefficient (Wildman–Crippen LogP) is 1.16. The molecule has 0 aliphatic heterocycles. The van der Waals surface area contributed by atoms with Gasteiger partial charge in [0.1, 0.15) is 11.3 Å². The summed E-state index contributed by atoms with van der Waals surface area (Å²) in [4.78, 5) is 1.56. The third-order valence-electron chi connectivity index (χ3n) is 1.71. The first-order chi connectivity index (χ1) is 5.81. The van der Waals surface area contributed by atoms with Gasteiger partial charge in [0.15, 0.2) is 5.52 Å². The van der Waals surface area contributed by atoms with Gasteiger partial charge in [-0.25, -0.2) is 0 Å². The van der Waals surface area contributed by atoms with Crippen LogP contribution in [-0.4, -0.2) is 20.1 Å². The molecule has 0 spiro atoms. The molecule has 2 rings (SSSR count). The van der Waals surface area contributed by atoms with Crippen LogP contribution < -0.4 is 0 Å². The van der Waals surface area contributed by atoms with Crippen molar-refractivity contribution in [1.29, 1.82) is 0 Å². The van der Waals surface area contributed by atoms with Crippen molar-refractivity contribution in [2.24, 2.45) is 0 Å². The Labute approximate surface area is 69.4 Å². The highest BCUT2D eigenvalue weighted by molar-refractivity contribution is 5.79. The maximum absolute atomic E-state index is 9.36. The van der Waals surface area contributed by atoms with Crippen LogP contribution in [0.2, 0.25) is 0 Å². The van der Waals surface area contributed by atoms with Crippen molar-refractivity contribution < 1.29 is 5.11 Å². The van der Waals surface area contributed by atoms with Crippen molar-refractivity contribution in [2.75, 3.05) is 0 Å². The fourth-order valence-electron chi connectivity index (χ4n) is 1.11. The SMILES string of the molecule is CCn1nc2cccc(O)c2n1. The number of aryl methyl sites for hydroxylation is 1. The number of hydrogen-bond acceptors (Lipinski definition) is 3. The summed E-state index contributed by atoms with van der Waals surface area (Å²) in [6.07, 6.45) is 0. The normalized spacial score (nSPS) is 10.8. The molecule has 1 aromatic heterocycles. The fraction of sp³-hybridized carbons (Fsp3) is 0.250. The Morgan fingerprint density at radius 3 is 2.92 bits per heavy atom. The van der Waals surface area contributed by atoms with E-state index in [0.717, 1.165) is 5.52 Å². The molecule has 1 aromatic carbocycles. The monoisotopic (exact) mass is 163 g/mol. The molecule has 2 aromatic rings. The molecule has 12 heavy (non-hydrogen) atoms. The Kier molecular flexibility index (Phi) is 1.46. The van der Waals surface area contributed by atoms with Crippen molar-refractivity contribution in [3.63, 3.8) is 0 Å². The summed E-state index contributed by atoms with van der Waals surface area (Å²) < 4.78 is 0. The summed E-state index contributed by atoms with van der Waals surface area (Å²) >= 11 is 0. The maximum atomic E-state index is 9.36. The smallest absolute Gasteiger partial charge is 0.154 e. The van der Waals surface area contributed by atoms with E-state index in [9.17, 15) is 5.11 Å². The van der Waals surface area contributed by atoms with E-state index in [1.54, 1.807) is 16.9 Å². The molecule has 0 unspecified atom stereocenters. The van der Waals surface area contributed by atoms with Crippen molar-refractivity contribution in [3.8, 4) is 5.75 Å². The number of aromatic nitrogens is 3. The van der Waals surface area contributed by atoms with Gasteiger partial charge in [0.05, 0.1) is 6.54 Å². The number of nitrogens with zero attached hydrogens (tertiary/aromatic N) is 3. The number of fused-ring (bicyclic) bond motifs is 1. The van der Waals surface area contributed by atoms with E-state index in [2.05, 4.69) is 10.2 Å². The Balaban J connectivity index is 2.74. The first-order valence-corrected chi connectivity index (χ1v) is 3.84. The summed E-state index contributed by atoms with van der Waals surface area (Å²) in [5.74, 6) is 0.187. The van der Waals surface area contributed by atoms with Crippen LogP contribution in [-0.2, 0) is 6.54 Å². The third kappa shape index (κ3) is 0.922. The fourth-order valence-corrected chi connectivity index (χ4v) is 1.11. The summed E-state index contributed by atoms with van der Waals surface area (Å²) in [6, 6.07) is 5.19. The van der Waals surface area contributed by atoms with Gasteiger partial charge in [0, 0.05) is 0 Å². The molecule has 0 aliphatic carbocycles. The molecular formula is C8H9N3O. The van der Waals surface area contributed by atoms with E-state index in [0.29, 0.717) is 12.1 Å². The molecule has 0 amide bonds.